The van der Waals surface area contributed by atoms with Gasteiger partial charge in [0.1, 0.15) is 22.6 Å². The highest BCUT2D eigenvalue weighted by Crippen LogP contribution is 2.31. The van der Waals surface area contributed by atoms with Crippen LogP contribution in [0.15, 0.2) is 29.6 Å². The SMILES string of the molecule is COc1ccc(C(=O)NC2CCN(C(=O)O)CC2)c2nc(-c3cccs3)[nH]c12. The first-order valence-electron chi connectivity index (χ1n) is 8.96. The van der Waals surface area contributed by atoms with Crippen LogP contribution in [0, 0.1) is 0 Å². The number of H-pyrrole nitrogens is 1. The summed E-state index contributed by atoms with van der Waals surface area (Å²) in [6, 6.07) is 7.31. The molecule has 3 N–H and O–H groups in total. The Morgan fingerprint density at radius 2 is 2.11 bits per heavy atom. The van der Waals surface area contributed by atoms with Crippen molar-refractivity contribution in [2.45, 2.75) is 18.9 Å². The predicted octanol–water partition coefficient (Wildman–Crippen LogP) is 3.17. The number of hydrogen-bond acceptors (Lipinski definition) is 5. The Bertz CT molecular complexity index is 1010. The number of carbonyl (C=O) groups is 2. The molecular weight excluding hydrogens is 380 g/mol. The molecule has 0 aliphatic carbocycles. The number of piperidine rings is 1. The van der Waals surface area contributed by atoms with Gasteiger partial charge in [-0.3, -0.25) is 4.79 Å². The predicted molar refractivity (Wildman–Crippen MR) is 106 cm³/mol. The second-order valence-corrected chi connectivity index (χ2v) is 7.57. The molecule has 0 atom stereocenters. The minimum absolute atomic E-state index is 0.0593. The van der Waals surface area contributed by atoms with Gasteiger partial charge in [0.15, 0.2) is 0 Å². The number of likely N-dealkylation sites (tertiary alicyclic amines) is 1. The zero-order chi connectivity index (χ0) is 19.7. The van der Waals surface area contributed by atoms with E-state index in [9.17, 15) is 9.59 Å². The number of carbonyl (C=O) groups excluding carboxylic acids is 1. The highest BCUT2D eigenvalue weighted by Gasteiger charge is 2.25. The number of thiophene rings is 1. The van der Waals surface area contributed by atoms with E-state index in [0.29, 0.717) is 54.1 Å². The van der Waals surface area contributed by atoms with E-state index in [0.717, 1.165) is 4.88 Å². The monoisotopic (exact) mass is 400 g/mol. The number of aromatic amines is 1. The molecule has 9 heteroatoms. The Kier molecular flexibility index (Phi) is 4.91. The molecule has 1 aliphatic rings. The average molecular weight is 400 g/mol. The lowest BCUT2D eigenvalue weighted by molar-refractivity contribution is 0.0909. The van der Waals surface area contributed by atoms with E-state index in [1.807, 2.05) is 17.5 Å². The molecule has 0 saturated carbocycles. The van der Waals surface area contributed by atoms with Gasteiger partial charge in [0, 0.05) is 19.1 Å². The third-order valence-electron chi connectivity index (χ3n) is 4.93. The van der Waals surface area contributed by atoms with Gasteiger partial charge in [-0.1, -0.05) is 6.07 Å². The molecule has 0 unspecified atom stereocenters. The summed E-state index contributed by atoms with van der Waals surface area (Å²) in [5.41, 5.74) is 1.71. The van der Waals surface area contributed by atoms with E-state index in [-0.39, 0.29) is 11.9 Å². The summed E-state index contributed by atoms with van der Waals surface area (Å²) in [4.78, 5) is 34.2. The summed E-state index contributed by atoms with van der Waals surface area (Å²) in [6.45, 7) is 0.840. The molecule has 0 bridgehead atoms. The molecule has 3 aromatic rings. The zero-order valence-electron chi connectivity index (χ0n) is 15.3. The Hall–Kier alpha value is -3.07. The number of rotatable bonds is 4. The second kappa shape index (κ2) is 7.51. The number of methoxy groups -OCH3 is 1. The fraction of sp³-hybridized carbons (Fsp3) is 0.316. The van der Waals surface area contributed by atoms with Gasteiger partial charge in [-0.25, -0.2) is 9.78 Å². The number of ether oxygens (including phenoxy) is 1. The molecular formula is C19H20N4O4S. The first-order valence-corrected chi connectivity index (χ1v) is 9.84. The topological polar surface area (TPSA) is 108 Å². The van der Waals surface area contributed by atoms with Crippen molar-refractivity contribution in [3.8, 4) is 16.5 Å². The summed E-state index contributed by atoms with van der Waals surface area (Å²) in [5, 5.41) is 14.0. The van der Waals surface area contributed by atoms with Gasteiger partial charge >= 0.3 is 6.09 Å². The highest BCUT2D eigenvalue weighted by molar-refractivity contribution is 7.13. The van der Waals surface area contributed by atoms with Crippen LogP contribution < -0.4 is 10.1 Å². The maximum atomic E-state index is 12.9. The molecule has 0 radical (unpaired) electrons. The van der Waals surface area contributed by atoms with Crippen LogP contribution in [0.1, 0.15) is 23.2 Å². The van der Waals surface area contributed by atoms with Crippen molar-refractivity contribution in [3.05, 3.63) is 35.2 Å². The van der Waals surface area contributed by atoms with Crippen molar-refractivity contribution >= 4 is 34.4 Å². The first-order chi connectivity index (χ1) is 13.6. The Balaban J connectivity index is 1.59. The van der Waals surface area contributed by atoms with E-state index in [4.69, 9.17) is 9.84 Å². The van der Waals surface area contributed by atoms with Crippen molar-refractivity contribution in [3.63, 3.8) is 0 Å². The summed E-state index contributed by atoms with van der Waals surface area (Å²) < 4.78 is 5.42. The molecule has 1 saturated heterocycles. The number of fused-ring (bicyclic) bond motifs is 1. The van der Waals surface area contributed by atoms with Crippen LogP contribution >= 0.6 is 11.3 Å². The van der Waals surface area contributed by atoms with Crippen molar-refractivity contribution in [1.29, 1.82) is 0 Å². The Labute approximate surface area is 165 Å². The molecule has 2 amide bonds. The molecule has 1 fully saturated rings. The molecule has 2 aromatic heterocycles. The van der Waals surface area contributed by atoms with Crippen LogP contribution in [0.4, 0.5) is 4.79 Å². The lowest BCUT2D eigenvalue weighted by atomic mass is 10.0. The first kappa shape index (κ1) is 18.3. The molecule has 8 nitrogen and oxygen atoms in total. The molecule has 3 heterocycles. The molecule has 0 spiro atoms. The van der Waals surface area contributed by atoms with Gasteiger partial charge in [-0.2, -0.15) is 0 Å². The number of nitrogens with zero attached hydrogens (tertiary/aromatic N) is 2. The standard InChI is InChI=1S/C19H20N4O4S/c1-27-13-5-4-12(15-16(13)22-17(21-15)14-3-2-10-28-14)18(24)20-11-6-8-23(9-7-11)19(25)26/h2-5,10-11H,6-9H2,1H3,(H,20,24)(H,21,22)(H,25,26). The van der Waals surface area contributed by atoms with Crippen molar-refractivity contribution in [1.82, 2.24) is 20.2 Å². The van der Waals surface area contributed by atoms with Gasteiger partial charge in [0.05, 0.1) is 17.6 Å². The van der Waals surface area contributed by atoms with Crippen LogP contribution in [0.25, 0.3) is 21.7 Å². The maximum Gasteiger partial charge on any atom is 0.407 e. The highest BCUT2D eigenvalue weighted by atomic mass is 32.1. The van der Waals surface area contributed by atoms with Gasteiger partial charge in [-0.15, -0.1) is 11.3 Å². The van der Waals surface area contributed by atoms with Crippen LogP contribution in [-0.4, -0.2) is 58.2 Å². The number of nitrogens with one attached hydrogen (secondary N) is 2. The van der Waals surface area contributed by atoms with Crippen LogP contribution in [0.5, 0.6) is 5.75 Å². The third-order valence-corrected chi connectivity index (χ3v) is 5.80. The Morgan fingerprint density at radius 1 is 1.32 bits per heavy atom. The molecule has 1 aromatic carbocycles. The van der Waals surface area contributed by atoms with Gasteiger partial charge in [-0.05, 0) is 36.4 Å². The van der Waals surface area contributed by atoms with Crippen molar-refractivity contribution in [2.24, 2.45) is 0 Å². The number of imidazole rings is 1. The van der Waals surface area contributed by atoms with E-state index >= 15 is 0 Å². The number of amides is 2. The second-order valence-electron chi connectivity index (χ2n) is 6.62. The number of hydrogen-bond donors (Lipinski definition) is 3. The van der Waals surface area contributed by atoms with E-state index in [1.54, 1.807) is 30.6 Å². The molecule has 28 heavy (non-hydrogen) atoms. The largest absolute Gasteiger partial charge is 0.494 e. The maximum absolute atomic E-state index is 12.9. The van der Waals surface area contributed by atoms with Gasteiger partial charge < -0.3 is 25.0 Å². The van der Waals surface area contributed by atoms with Gasteiger partial charge in [0.2, 0.25) is 0 Å². The molecule has 4 rings (SSSR count). The summed E-state index contributed by atoms with van der Waals surface area (Å²) in [6.07, 6.45) is 0.274. The van der Waals surface area contributed by atoms with Crippen molar-refractivity contribution in [2.75, 3.05) is 20.2 Å². The lowest BCUT2D eigenvalue weighted by Gasteiger charge is -2.30. The zero-order valence-corrected chi connectivity index (χ0v) is 16.1. The smallest absolute Gasteiger partial charge is 0.407 e. The lowest BCUT2D eigenvalue weighted by Crippen LogP contribution is -2.46. The molecule has 1 aliphatic heterocycles. The van der Waals surface area contributed by atoms with Gasteiger partial charge in [0.25, 0.3) is 5.91 Å². The van der Waals surface area contributed by atoms with Crippen molar-refractivity contribution < 1.29 is 19.4 Å². The van der Waals surface area contributed by atoms with Crippen LogP contribution in [-0.2, 0) is 0 Å². The van der Waals surface area contributed by atoms with Crippen LogP contribution in [0.2, 0.25) is 0 Å². The minimum atomic E-state index is -0.917. The average Bonchev–Trinajstić information content (AvgIpc) is 3.37. The number of benzene rings is 1. The summed E-state index contributed by atoms with van der Waals surface area (Å²) in [5.74, 6) is 1.10. The summed E-state index contributed by atoms with van der Waals surface area (Å²) >= 11 is 1.56. The van der Waals surface area contributed by atoms with E-state index in [1.165, 1.54) is 4.90 Å². The number of carboxylic acid groups (broad SMARTS) is 1. The Morgan fingerprint density at radius 3 is 2.75 bits per heavy atom. The quantitative estimate of drug-likeness (QED) is 0.623. The summed E-state index contributed by atoms with van der Waals surface area (Å²) in [7, 11) is 1.58. The fourth-order valence-corrected chi connectivity index (χ4v) is 4.10. The normalized spacial score (nSPS) is 15.0. The third kappa shape index (κ3) is 3.40. The molecule has 146 valence electrons. The van der Waals surface area contributed by atoms with Crippen LogP contribution in [0.3, 0.4) is 0 Å². The minimum Gasteiger partial charge on any atom is -0.494 e. The number of aromatic nitrogens is 2. The fourth-order valence-electron chi connectivity index (χ4n) is 3.43. The van der Waals surface area contributed by atoms with E-state index in [2.05, 4.69) is 15.3 Å². The van der Waals surface area contributed by atoms with E-state index < -0.39 is 6.09 Å².